The molecule has 1 amide bonds. The lowest BCUT2D eigenvalue weighted by atomic mass is 9.69. The average Bonchev–Trinajstić information content (AvgIpc) is 3.32. The predicted molar refractivity (Wildman–Crippen MR) is 118 cm³/mol. The summed E-state index contributed by atoms with van der Waals surface area (Å²) in [4.78, 5) is 16.7. The molecule has 2 N–H and O–H groups in total. The zero-order valence-electron chi connectivity index (χ0n) is 16.9. The number of carbonyl (C=O) groups is 1. The number of amides is 1. The minimum Gasteiger partial charge on any atom is -0.497 e. The standard InChI is InChI=1S/C22H25N5O2S/c1-29-18-8-6-17(7-9-18)22(11-3-2-4-12-22)14-24-19-10-5-16(13-23-19)20(28)26-21-27-25-15-30-21/h5-10,13,15H,2-4,11-12,14H2,1H3,(H,23,24)(H,26,27,28). The Hall–Kier alpha value is -3.00. The first kappa shape index (κ1) is 20.3. The van der Waals surface area contributed by atoms with E-state index in [1.807, 2.05) is 18.2 Å². The van der Waals surface area contributed by atoms with Crippen molar-refractivity contribution in [3.63, 3.8) is 0 Å². The fourth-order valence-electron chi connectivity index (χ4n) is 4.03. The average molecular weight is 424 g/mol. The SMILES string of the molecule is COc1ccc(C2(CNc3ccc(C(=O)Nc4nncs4)cn3)CCCCC2)cc1. The van der Waals surface area contributed by atoms with Gasteiger partial charge < -0.3 is 10.1 Å². The van der Waals surface area contributed by atoms with Crippen molar-refractivity contribution in [1.82, 2.24) is 15.2 Å². The number of nitrogens with zero attached hydrogens (tertiary/aromatic N) is 3. The molecule has 2 aromatic heterocycles. The molecule has 1 aliphatic rings. The Morgan fingerprint density at radius 3 is 2.57 bits per heavy atom. The molecular formula is C22H25N5O2S. The van der Waals surface area contributed by atoms with Crippen molar-refractivity contribution in [2.45, 2.75) is 37.5 Å². The number of benzene rings is 1. The lowest BCUT2D eigenvalue weighted by molar-refractivity contribution is 0.102. The molecule has 0 atom stereocenters. The number of rotatable bonds is 7. The molecular weight excluding hydrogens is 398 g/mol. The van der Waals surface area contributed by atoms with Gasteiger partial charge in [0, 0.05) is 18.2 Å². The van der Waals surface area contributed by atoms with Crippen molar-refractivity contribution < 1.29 is 9.53 Å². The molecule has 0 spiro atoms. The maximum Gasteiger partial charge on any atom is 0.259 e. The fourth-order valence-corrected chi connectivity index (χ4v) is 4.47. The quantitative estimate of drug-likeness (QED) is 0.581. The van der Waals surface area contributed by atoms with E-state index >= 15 is 0 Å². The molecule has 30 heavy (non-hydrogen) atoms. The first-order valence-corrected chi connectivity index (χ1v) is 11.0. The highest BCUT2D eigenvalue weighted by atomic mass is 32.1. The summed E-state index contributed by atoms with van der Waals surface area (Å²) in [6.45, 7) is 0.808. The lowest BCUT2D eigenvalue weighted by Gasteiger charge is -2.38. The van der Waals surface area contributed by atoms with Gasteiger partial charge in [0.2, 0.25) is 5.13 Å². The van der Waals surface area contributed by atoms with Gasteiger partial charge in [0.05, 0.1) is 12.7 Å². The topological polar surface area (TPSA) is 89.0 Å². The molecule has 7 nitrogen and oxygen atoms in total. The molecule has 0 radical (unpaired) electrons. The highest BCUT2D eigenvalue weighted by Crippen LogP contribution is 2.40. The summed E-state index contributed by atoms with van der Waals surface area (Å²) in [5.74, 6) is 1.40. The predicted octanol–water partition coefficient (Wildman–Crippen LogP) is 4.51. The number of anilines is 2. The van der Waals surface area contributed by atoms with E-state index in [9.17, 15) is 4.79 Å². The van der Waals surface area contributed by atoms with Gasteiger partial charge in [-0.25, -0.2) is 4.98 Å². The van der Waals surface area contributed by atoms with E-state index in [0.717, 1.165) is 31.0 Å². The monoisotopic (exact) mass is 423 g/mol. The van der Waals surface area contributed by atoms with Gasteiger partial charge in [-0.2, -0.15) is 0 Å². The molecule has 156 valence electrons. The summed E-state index contributed by atoms with van der Waals surface area (Å²) in [5.41, 5.74) is 3.48. The minimum absolute atomic E-state index is 0.0834. The third kappa shape index (κ3) is 4.59. The molecule has 0 aliphatic heterocycles. The van der Waals surface area contributed by atoms with E-state index in [2.05, 4.69) is 37.9 Å². The number of carbonyl (C=O) groups excluding carboxylic acids is 1. The molecule has 1 aliphatic carbocycles. The Labute approximate surface area is 179 Å². The van der Waals surface area contributed by atoms with Gasteiger partial charge in [-0.05, 0) is 42.7 Å². The van der Waals surface area contributed by atoms with Crippen LogP contribution in [0.4, 0.5) is 10.9 Å². The van der Waals surface area contributed by atoms with Crippen LogP contribution in [0.2, 0.25) is 0 Å². The van der Waals surface area contributed by atoms with Crippen LogP contribution < -0.4 is 15.4 Å². The highest BCUT2D eigenvalue weighted by Gasteiger charge is 2.33. The summed E-state index contributed by atoms with van der Waals surface area (Å²) in [6.07, 6.45) is 7.62. The first-order valence-electron chi connectivity index (χ1n) is 10.1. The molecule has 1 aromatic carbocycles. The van der Waals surface area contributed by atoms with Crippen LogP contribution in [0.15, 0.2) is 48.1 Å². The van der Waals surface area contributed by atoms with E-state index in [-0.39, 0.29) is 11.3 Å². The third-order valence-electron chi connectivity index (χ3n) is 5.73. The Morgan fingerprint density at radius 1 is 1.13 bits per heavy atom. The smallest absolute Gasteiger partial charge is 0.259 e. The molecule has 1 fully saturated rings. The Kier molecular flexibility index (Phi) is 6.23. The van der Waals surface area contributed by atoms with Crippen LogP contribution in [0.5, 0.6) is 5.75 Å². The van der Waals surface area contributed by atoms with Crippen LogP contribution in [0.3, 0.4) is 0 Å². The van der Waals surface area contributed by atoms with Crippen molar-refractivity contribution in [3.8, 4) is 5.75 Å². The van der Waals surface area contributed by atoms with Crippen LogP contribution >= 0.6 is 11.3 Å². The number of pyridine rings is 1. The van der Waals surface area contributed by atoms with Crippen molar-refractivity contribution >= 4 is 28.2 Å². The summed E-state index contributed by atoms with van der Waals surface area (Å²) < 4.78 is 5.32. The van der Waals surface area contributed by atoms with Gasteiger partial charge >= 0.3 is 0 Å². The second kappa shape index (κ2) is 9.21. The molecule has 0 unspecified atom stereocenters. The molecule has 0 bridgehead atoms. The summed E-state index contributed by atoms with van der Waals surface area (Å²) in [6, 6.07) is 12.1. The van der Waals surface area contributed by atoms with E-state index in [1.165, 1.54) is 36.2 Å². The number of nitrogens with one attached hydrogen (secondary N) is 2. The van der Waals surface area contributed by atoms with Gasteiger partial charge in [-0.3, -0.25) is 10.1 Å². The maximum absolute atomic E-state index is 12.3. The highest BCUT2D eigenvalue weighted by molar-refractivity contribution is 7.13. The van der Waals surface area contributed by atoms with Crippen molar-refractivity contribution in [3.05, 3.63) is 59.2 Å². The number of hydrogen-bond donors (Lipinski definition) is 2. The lowest BCUT2D eigenvalue weighted by Crippen LogP contribution is -2.36. The summed E-state index contributed by atoms with van der Waals surface area (Å²) >= 11 is 1.28. The normalized spacial score (nSPS) is 15.4. The first-order chi connectivity index (χ1) is 14.7. The Morgan fingerprint density at radius 2 is 1.93 bits per heavy atom. The summed E-state index contributed by atoms with van der Waals surface area (Å²) in [7, 11) is 1.69. The minimum atomic E-state index is -0.243. The number of ether oxygens (including phenoxy) is 1. The zero-order chi connectivity index (χ0) is 20.8. The van der Waals surface area contributed by atoms with Crippen LogP contribution in [0, 0.1) is 0 Å². The van der Waals surface area contributed by atoms with Crippen LogP contribution in [-0.2, 0) is 5.41 Å². The van der Waals surface area contributed by atoms with E-state index in [1.54, 1.807) is 24.9 Å². The van der Waals surface area contributed by atoms with Crippen LogP contribution in [-0.4, -0.2) is 34.7 Å². The van der Waals surface area contributed by atoms with Gasteiger partial charge in [-0.1, -0.05) is 42.7 Å². The fraction of sp³-hybridized carbons (Fsp3) is 0.364. The van der Waals surface area contributed by atoms with Crippen molar-refractivity contribution in [2.75, 3.05) is 24.3 Å². The largest absolute Gasteiger partial charge is 0.497 e. The second-order valence-electron chi connectivity index (χ2n) is 7.55. The van der Waals surface area contributed by atoms with Crippen LogP contribution in [0.1, 0.15) is 48.0 Å². The number of methoxy groups -OCH3 is 1. The zero-order valence-corrected chi connectivity index (χ0v) is 17.7. The number of hydrogen-bond acceptors (Lipinski definition) is 7. The molecule has 4 rings (SSSR count). The number of aromatic nitrogens is 3. The van der Waals surface area contributed by atoms with Gasteiger partial charge in [-0.15, -0.1) is 10.2 Å². The Bertz CT molecular complexity index is 952. The van der Waals surface area contributed by atoms with E-state index < -0.39 is 0 Å². The molecule has 1 saturated carbocycles. The second-order valence-corrected chi connectivity index (χ2v) is 8.39. The van der Waals surface area contributed by atoms with Gasteiger partial charge in [0.1, 0.15) is 17.1 Å². The van der Waals surface area contributed by atoms with Crippen molar-refractivity contribution in [1.29, 1.82) is 0 Å². The van der Waals surface area contributed by atoms with Gasteiger partial charge in [0.25, 0.3) is 5.91 Å². The molecule has 8 heteroatoms. The summed E-state index contributed by atoms with van der Waals surface area (Å²) in [5, 5.41) is 14.2. The maximum atomic E-state index is 12.3. The van der Waals surface area contributed by atoms with E-state index in [4.69, 9.17) is 4.74 Å². The molecule has 3 aromatic rings. The third-order valence-corrected chi connectivity index (χ3v) is 6.33. The van der Waals surface area contributed by atoms with Crippen molar-refractivity contribution in [2.24, 2.45) is 0 Å². The Balaban J connectivity index is 1.43. The molecule has 2 heterocycles. The van der Waals surface area contributed by atoms with Gasteiger partial charge in [0.15, 0.2) is 0 Å². The van der Waals surface area contributed by atoms with E-state index in [0.29, 0.717) is 10.7 Å². The van der Waals surface area contributed by atoms with Crippen LogP contribution in [0.25, 0.3) is 0 Å². The molecule has 0 saturated heterocycles.